The van der Waals surface area contributed by atoms with Gasteiger partial charge in [-0.3, -0.25) is 4.79 Å². The first-order valence-corrected chi connectivity index (χ1v) is 10.5. The first-order chi connectivity index (χ1) is 14.7. The van der Waals surface area contributed by atoms with Crippen LogP contribution >= 0.6 is 11.3 Å². The van der Waals surface area contributed by atoms with Gasteiger partial charge in [0.25, 0.3) is 5.91 Å². The zero-order chi connectivity index (χ0) is 20.5. The molecule has 9 heteroatoms. The van der Waals surface area contributed by atoms with Crippen LogP contribution in [-0.2, 0) is 0 Å². The van der Waals surface area contributed by atoms with Gasteiger partial charge < -0.3 is 15.5 Å². The van der Waals surface area contributed by atoms with E-state index in [4.69, 9.17) is 0 Å². The Labute approximate surface area is 176 Å². The summed E-state index contributed by atoms with van der Waals surface area (Å²) < 4.78 is 15.6. The topological polar surface area (TPSA) is 75.1 Å². The number of aromatic nitrogens is 3. The van der Waals surface area contributed by atoms with Gasteiger partial charge in [-0.05, 0) is 24.3 Å². The highest BCUT2D eigenvalue weighted by atomic mass is 32.1. The molecule has 4 aromatic rings. The highest BCUT2D eigenvalue weighted by Gasteiger charge is 2.19. The van der Waals surface area contributed by atoms with Gasteiger partial charge in [0.1, 0.15) is 11.5 Å². The number of thiazole rings is 1. The standard InChI is InChI=1S/C21H19FN6OS/c22-15-5-6-19(27-9-7-23-8-10-27)17(11-15)24-20(29)18-13-30-21(25-18)28-12-14-3-1-2-4-16(14)26-28/h1-6,11-13,23H,7-10H2,(H,24,29). The van der Waals surface area contributed by atoms with E-state index in [2.05, 4.69) is 25.6 Å². The molecule has 0 bridgehead atoms. The lowest BCUT2D eigenvalue weighted by atomic mass is 10.2. The molecule has 1 aliphatic heterocycles. The Morgan fingerprint density at radius 2 is 2.00 bits per heavy atom. The van der Waals surface area contributed by atoms with Crippen LogP contribution in [0.1, 0.15) is 10.5 Å². The van der Waals surface area contributed by atoms with Gasteiger partial charge in [-0.1, -0.05) is 18.2 Å². The summed E-state index contributed by atoms with van der Waals surface area (Å²) in [5.41, 5.74) is 2.38. The van der Waals surface area contributed by atoms with E-state index < -0.39 is 5.82 Å². The van der Waals surface area contributed by atoms with Crippen LogP contribution in [-0.4, -0.2) is 46.9 Å². The molecule has 1 aliphatic rings. The summed E-state index contributed by atoms with van der Waals surface area (Å²) in [7, 11) is 0. The largest absolute Gasteiger partial charge is 0.367 e. The second kappa shape index (κ2) is 7.85. The van der Waals surface area contributed by atoms with Crippen LogP contribution in [0.5, 0.6) is 0 Å². The van der Waals surface area contributed by atoms with Crippen molar-refractivity contribution in [2.75, 3.05) is 36.4 Å². The molecule has 0 radical (unpaired) electrons. The quantitative estimate of drug-likeness (QED) is 0.528. The maximum atomic E-state index is 13.9. The number of hydrogen-bond acceptors (Lipinski definition) is 6. The number of carbonyl (C=O) groups is 1. The van der Waals surface area contributed by atoms with E-state index in [-0.39, 0.29) is 11.6 Å². The van der Waals surface area contributed by atoms with Gasteiger partial charge in [0.2, 0.25) is 5.13 Å². The number of nitrogens with zero attached hydrogens (tertiary/aromatic N) is 4. The van der Waals surface area contributed by atoms with Crippen LogP contribution in [0.4, 0.5) is 15.8 Å². The smallest absolute Gasteiger partial charge is 0.275 e. The summed E-state index contributed by atoms with van der Waals surface area (Å²) in [5, 5.41) is 13.9. The summed E-state index contributed by atoms with van der Waals surface area (Å²) in [6, 6.07) is 12.2. The number of amides is 1. The van der Waals surface area contributed by atoms with Crippen molar-refractivity contribution < 1.29 is 9.18 Å². The molecule has 0 unspecified atom stereocenters. The maximum Gasteiger partial charge on any atom is 0.275 e. The van der Waals surface area contributed by atoms with Crippen LogP contribution in [0.25, 0.3) is 16.0 Å². The first kappa shape index (κ1) is 18.7. The Hall–Kier alpha value is -3.30. The Bertz CT molecular complexity index is 1180. The number of fused-ring (bicyclic) bond motifs is 1. The predicted octanol–water partition coefficient (Wildman–Crippen LogP) is 3.28. The van der Waals surface area contributed by atoms with Crippen LogP contribution in [0.15, 0.2) is 54.0 Å². The summed E-state index contributed by atoms with van der Waals surface area (Å²) in [4.78, 5) is 19.4. The summed E-state index contributed by atoms with van der Waals surface area (Å²) in [6.07, 6.45) is 1.88. The third kappa shape index (κ3) is 3.64. The fraction of sp³-hybridized carbons (Fsp3) is 0.190. The van der Waals surface area contributed by atoms with Gasteiger partial charge in [-0.2, -0.15) is 5.10 Å². The van der Waals surface area contributed by atoms with Crippen molar-refractivity contribution >= 4 is 39.5 Å². The lowest BCUT2D eigenvalue weighted by Crippen LogP contribution is -2.43. The minimum atomic E-state index is -0.397. The van der Waals surface area contributed by atoms with Crippen LogP contribution in [0.2, 0.25) is 0 Å². The average molecular weight is 422 g/mol. The van der Waals surface area contributed by atoms with Gasteiger partial charge in [0, 0.05) is 43.1 Å². The van der Waals surface area contributed by atoms with Crippen molar-refractivity contribution in [1.82, 2.24) is 20.1 Å². The van der Waals surface area contributed by atoms with Crippen LogP contribution in [0.3, 0.4) is 0 Å². The fourth-order valence-electron chi connectivity index (χ4n) is 3.51. The van der Waals surface area contributed by atoms with Crippen molar-refractivity contribution in [2.24, 2.45) is 0 Å². The zero-order valence-electron chi connectivity index (χ0n) is 16.0. The third-order valence-electron chi connectivity index (χ3n) is 5.00. The average Bonchev–Trinajstić information content (AvgIpc) is 3.42. The first-order valence-electron chi connectivity index (χ1n) is 9.64. The van der Waals surface area contributed by atoms with Crippen molar-refractivity contribution in [3.8, 4) is 5.13 Å². The lowest BCUT2D eigenvalue weighted by Gasteiger charge is -2.31. The number of carbonyl (C=O) groups excluding carboxylic acids is 1. The fourth-order valence-corrected chi connectivity index (χ4v) is 4.24. The molecule has 30 heavy (non-hydrogen) atoms. The molecule has 2 aromatic carbocycles. The van der Waals surface area contributed by atoms with E-state index in [1.165, 1.54) is 23.5 Å². The van der Waals surface area contributed by atoms with E-state index in [0.717, 1.165) is 42.8 Å². The number of piperazine rings is 1. The molecule has 3 heterocycles. The van der Waals surface area contributed by atoms with Gasteiger partial charge in [-0.25, -0.2) is 14.1 Å². The van der Waals surface area contributed by atoms with Gasteiger partial charge >= 0.3 is 0 Å². The van der Waals surface area contributed by atoms with E-state index in [1.54, 1.807) is 16.1 Å². The van der Waals surface area contributed by atoms with E-state index in [1.807, 2.05) is 30.5 Å². The Balaban J connectivity index is 1.39. The third-order valence-corrected chi connectivity index (χ3v) is 5.83. The van der Waals surface area contributed by atoms with Gasteiger partial charge in [0.05, 0.1) is 16.9 Å². The van der Waals surface area contributed by atoms with E-state index >= 15 is 0 Å². The van der Waals surface area contributed by atoms with Gasteiger partial charge in [-0.15, -0.1) is 11.3 Å². The van der Waals surface area contributed by atoms with Crippen LogP contribution in [0, 0.1) is 5.82 Å². The summed E-state index contributed by atoms with van der Waals surface area (Å²) >= 11 is 1.33. The van der Waals surface area contributed by atoms with E-state index in [0.29, 0.717) is 10.8 Å². The Morgan fingerprint density at radius 3 is 2.83 bits per heavy atom. The number of anilines is 2. The normalized spacial score (nSPS) is 14.2. The number of halogens is 1. The monoisotopic (exact) mass is 422 g/mol. The number of hydrogen-bond donors (Lipinski definition) is 2. The second-order valence-electron chi connectivity index (χ2n) is 7.00. The molecule has 1 amide bonds. The molecule has 0 spiro atoms. The molecular formula is C21H19FN6OS. The molecule has 5 rings (SSSR count). The highest BCUT2D eigenvalue weighted by molar-refractivity contribution is 7.12. The number of nitrogens with one attached hydrogen (secondary N) is 2. The minimum Gasteiger partial charge on any atom is -0.367 e. The Morgan fingerprint density at radius 1 is 1.17 bits per heavy atom. The van der Waals surface area contributed by atoms with Crippen molar-refractivity contribution in [1.29, 1.82) is 0 Å². The molecule has 152 valence electrons. The minimum absolute atomic E-state index is 0.269. The molecular weight excluding hydrogens is 403 g/mol. The lowest BCUT2D eigenvalue weighted by molar-refractivity contribution is 0.102. The second-order valence-corrected chi connectivity index (χ2v) is 7.84. The van der Waals surface area contributed by atoms with Crippen molar-refractivity contribution in [3.63, 3.8) is 0 Å². The summed E-state index contributed by atoms with van der Waals surface area (Å²) in [6.45, 7) is 3.28. The molecule has 1 fully saturated rings. The molecule has 7 nitrogen and oxygen atoms in total. The molecule has 2 N–H and O–H groups in total. The van der Waals surface area contributed by atoms with Crippen molar-refractivity contribution in [2.45, 2.75) is 0 Å². The highest BCUT2D eigenvalue weighted by Crippen LogP contribution is 2.28. The van der Waals surface area contributed by atoms with Crippen LogP contribution < -0.4 is 15.5 Å². The van der Waals surface area contributed by atoms with Gasteiger partial charge in [0.15, 0.2) is 0 Å². The number of benzene rings is 2. The molecule has 0 aliphatic carbocycles. The Kier molecular flexibility index (Phi) is 4.89. The molecule has 2 aromatic heterocycles. The van der Waals surface area contributed by atoms with E-state index in [9.17, 15) is 9.18 Å². The maximum absolute atomic E-state index is 13.9. The number of rotatable bonds is 4. The molecule has 0 saturated carbocycles. The molecule has 0 atom stereocenters. The summed E-state index contributed by atoms with van der Waals surface area (Å²) in [5.74, 6) is -0.775. The molecule has 1 saturated heterocycles. The SMILES string of the molecule is O=C(Nc1cc(F)ccc1N1CCNCC1)c1csc(-n2cc3ccccc3n2)n1. The predicted molar refractivity (Wildman–Crippen MR) is 116 cm³/mol. The van der Waals surface area contributed by atoms with Crippen molar-refractivity contribution in [3.05, 3.63) is 65.6 Å². The zero-order valence-corrected chi connectivity index (χ0v) is 16.8.